The zero-order chi connectivity index (χ0) is 14.8. The standard InChI is InChI=1S/C15H26ClN3O/c1-5-7-17-10-15(6-8-20-12(15)3)9-13-14(16)11(2)18-19(13)4/h12,17H,5-10H2,1-4H3. The number of aromatic nitrogens is 2. The normalized spacial score (nSPS) is 26.4. The topological polar surface area (TPSA) is 39.1 Å². The van der Waals surface area contributed by atoms with Gasteiger partial charge in [-0.2, -0.15) is 5.10 Å². The molecule has 20 heavy (non-hydrogen) atoms. The van der Waals surface area contributed by atoms with Crippen molar-refractivity contribution in [2.24, 2.45) is 12.5 Å². The summed E-state index contributed by atoms with van der Waals surface area (Å²) in [5.74, 6) is 0. The number of hydrogen-bond donors (Lipinski definition) is 1. The van der Waals surface area contributed by atoms with E-state index < -0.39 is 0 Å². The second-order valence-corrected chi connectivity index (χ2v) is 6.33. The fraction of sp³-hybridized carbons (Fsp3) is 0.800. The molecule has 1 aromatic heterocycles. The van der Waals surface area contributed by atoms with Crippen LogP contribution in [-0.2, 0) is 18.2 Å². The van der Waals surface area contributed by atoms with Crippen molar-refractivity contribution in [1.82, 2.24) is 15.1 Å². The predicted octanol–water partition coefficient (Wildman–Crippen LogP) is 2.72. The molecular formula is C15H26ClN3O. The third-order valence-electron chi connectivity index (χ3n) is 4.52. The maximum atomic E-state index is 6.42. The fourth-order valence-corrected chi connectivity index (χ4v) is 3.29. The van der Waals surface area contributed by atoms with Gasteiger partial charge in [0, 0.05) is 32.0 Å². The summed E-state index contributed by atoms with van der Waals surface area (Å²) >= 11 is 6.42. The van der Waals surface area contributed by atoms with Crippen molar-refractivity contribution in [1.29, 1.82) is 0 Å². The molecule has 114 valence electrons. The Labute approximate surface area is 126 Å². The van der Waals surface area contributed by atoms with E-state index in [1.54, 1.807) is 0 Å². The molecule has 0 saturated carbocycles. The number of hydrogen-bond acceptors (Lipinski definition) is 3. The second-order valence-electron chi connectivity index (χ2n) is 5.95. The zero-order valence-corrected chi connectivity index (χ0v) is 13.8. The molecule has 0 bridgehead atoms. The van der Waals surface area contributed by atoms with Crippen LogP contribution in [0.2, 0.25) is 5.02 Å². The fourth-order valence-electron chi connectivity index (χ4n) is 3.07. The molecule has 2 heterocycles. The van der Waals surface area contributed by atoms with E-state index in [2.05, 4.69) is 24.3 Å². The Hall–Kier alpha value is -0.580. The lowest BCUT2D eigenvalue weighted by atomic mass is 9.77. The maximum absolute atomic E-state index is 6.42. The molecule has 0 amide bonds. The Morgan fingerprint density at radius 1 is 1.55 bits per heavy atom. The molecule has 0 radical (unpaired) electrons. The maximum Gasteiger partial charge on any atom is 0.0847 e. The Morgan fingerprint density at radius 3 is 2.80 bits per heavy atom. The molecule has 2 unspecified atom stereocenters. The van der Waals surface area contributed by atoms with Crippen LogP contribution in [0.3, 0.4) is 0 Å². The summed E-state index contributed by atoms with van der Waals surface area (Å²) < 4.78 is 7.77. The minimum Gasteiger partial charge on any atom is -0.378 e. The van der Waals surface area contributed by atoms with Gasteiger partial charge < -0.3 is 10.1 Å². The van der Waals surface area contributed by atoms with Gasteiger partial charge in [0.25, 0.3) is 0 Å². The molecule has 1 N–H and O–H groups in total. The summed E-state index contributed by atoms with van der Waals surface area (Å²) in [5, 5.41) is 8.80. The molecule has 2 rings (SSSR count). The Kier molecular flexibility index (Phi) is 5.10. The van der Waals surface area contributed by atoms with Crippen LogP contribution >= 0.6 is 11.6 Å². The van der Waals surface area contributed by atoms with Crippen molar-refractivity contribution in [2.75, 3.05) is 19.7 Å². The highest BCUT2D eigenvalue weighted by molar-refractivity contribution is 6.31. The smallest absolute Gasteiger partial charge is 0.0847 e. The first-order valence-electron chi connectivity index (χ1n) is 7.50. The van der Waals surface area contributed by atoms with Gasteiger partial charge in [0.05, 0.1) is 22.5 Å². The van der Waals surface area contributed by atoms with E-state index in [-0.39, 0.29) is 11.5 Å². The number of aryl methyl sites for hydroxylation is 2. The Morgan fingerprint density at radius 2 is 2.30 bits per heavy atom. The van der Waals surface area contributed by atoms with Crippen LogP contribution in [0.1, 0.15) is 38.1 Å². The van der Waals surface area contributed by atoms with E-state index >= 15 is 0 Å². The number of nitrogens with zero attached hydrogens (tertiary/aromatic N) is 2. The number of halogens is 1. The van der Waals surface area contributed by atoms with E-state index in [4.69, 9.17) is 16.3 Å². The van der Waals surface area contributed by atoms with Crippen molar-refractivity contribution in [3.63, 3.8) is 0 Å². The first-order valence-corrected chi connectivity index (χ1v) is 7.88. The molecule has 0 aromatic carbocycles. The molecule has 2 atom stereocenters. The first-order chi connectivity index (χ1) is 9.50. The van der Waals surface area contributed by atoms with Crippen LogP contribution in [0.15, 0.2) is 0 Å². The van der Waals surface area contributed by atoms with Crippen molar-refractivity contribution >= 4 is 11.6 Å². The quantitative estimate of drug-likeness (QED) is 0.821. The molecule has 1 aromatic rings. The van der Waals surface area contributed by atoms with Gasteiger partial charge in [-0.25, -0.2) is 0 Å². The highest BCUT2D eigenvalue weighted by Crippen LogP contribution is 2.39. The molecule has 0 aliphatic carbocycles. The molecule has 4 nitrogen and oxygen atoms in total. The van der Waals surface area contributed by atoms with Crippen LogP contribution in [0, 0.1) is 12.3 Å². The third kappa shape index (κ3) is 3.02. The summed E-state index contributed by atoms with van der Waals surface area (Å²) in [4.78, 5) is 0. The lowest BCUT2D eigenvalue weighted by molar-refractivity contribution is 0.0622. The largest absolute Gasteiger partial charge is 0.378 e. The van der Waals surface area contributed by atoms with Gasteiger partial charge in [0.2, 0.25) is 0 Å². The summed E-state index contributed by atoms with van der Waals surface area (Å²) in [5.41, 5.74) is 2.16. The summed E-state index contributed by atoms with van der Waals surface area (Å²) in [6.07, 6.45) is 3.39. The van der Waals surface area contributed by atoms with Crippen LogP contribution in [0.4, 0.5) is 0 Å². The average molecular weight is 300 g/mol. The molecule has 0 spiro atoms. The molecule has 1 aliphatic rings. The number of rotatable bonds is 6. The van der Waals surface area contributed by atoms with Gasteiger partial charge in [-0.1, -0.05) is 18.5 Å². The van der Waals surface area contributed by atoms with E-state index in [1.165, 1.54) is 0 Å². The van der Waals surface area contributed by atoms with E-state index in [9.17, 15) is 0 Å². The molecule has 1 saturated heterocycles. The Balaban J connectivity index is 2.19. The van der Waals surface area contributed by atoms with Crippen molar-refractivity contribution in [3.05, 3.63) is 16.4 Å². The van der Waals surface area contributed by atoms with Gasteiger partial charge in [0.1, 0.15) is 0 Å². The SMILES string of the molecule is CCCNCC1(Cc2c(Cl)c(C)nn2C)CCOC1C. The second kappa shape index (κ2) is 6.46. The monoisotopic (exact) mass is 299 g/mol. The van der Waals surface area contributed by atoms with Gasteiger partial charge in [-0.05, 0) is 33.2 Å². The van der Waals surface area contributed by atoms with Crippen molar-refractivity contribution in [3.8, 4) is 0 Å². The summed E-state index contributed by atoms with van der Waals surface area (Å²) in [7, 11) is 1.97. The van der Waals surface area contributed by atoms with E-state index in [1.807, 2.05) is 18.7 Å². The van der Waals surface area contributed by atoms with Crippen molar-refractivity contribution in [2.45, 2.75) is 46.1 Å². The molecular weight excluding hydrogens is 274 g/mol. The summed E-state index contributed by atoms with van der Waals surface area (Å²) in [6, 6.07) is 0. The van der Waals surface area contributed by atoms with Gasteiger partial charge in [-0.15, -0.1) is 0 Å². The Bertz CT molecular complexity index is 460. The highest BCUT2D eigenvalue weighted by Gasteiger charge is 2.42. The lowest BCUT2D eigenvalue weighted by Crippen LogP contribution is -2.42. The van der Waals surface area contributed by atoms with Crippen LogP contribution in [0.25, 0.3) is 0 Å². The lowest BCUT2D eigenvalue weighted by Gasteiger charge is -2.32. The third-order valence-corrected chi connectivity index (χ3v) is 5.01. The molecule has 1 fully saturated rings. The minimum absolute atomic E-state index is 0.124. The first kappa shape index (κ1) is 15.8. The highest BCUT2D eigenvalue weighted by atomic mass is 35.5. The van der Waals surface area contributed by atoms with Crippen LogP contribution in [-0.4, -0.2) is 35.6 Å². The molecule has 5 heteroatoms. The summed E-state index contributed by atoms with van der Waals surface area (Å²) in [6.45, 7) is 9.19. The van der Waals surface area contributed by atoms with Crippen LogP contribution < -0.4 is 5.32 Å². The van der Waals surface area contributed by atoms with Crippen molar-refractivity contribution < 1.29 is 4.74 Å². The minimum atomic E-state index is 0.124. The van der Waals surface area contributed by atoms with Gasteiger partial charge >= 0.3 is 0 Å². The predicted molar refractivity (Wildman–Crippen MR) is 82.3 cm³/mol. The number of nitrogens with one attached hydrogen (secondary N) is 1. The van der Waals surface area contributed by atoms with Crippen LogP contribution in [0.5, 0.6) is 0 Å². The number of ether oxygens (including phenoxy) is 1. The van der Waals surface area contributed by atoms with Gasteiger partial charge in [0.15, 0.2) is 0 Å². The molecule has 1 aliphatic heterocycles. The average Bonchev–Trinajstić information content (AvgIpc) is 2.87. The van der Waals surface area contributed by atoms with E-state index in [0.29, 0.717) is 0 Å². The van der Waals surface area contributed by atoms with E-state index in [0.717, 1.165) is 55.4 Å². The van der Waals surface area contributed by atoms with Gasteiger partial charge in [-0.3, -0.25) is 4.68 Å². The zero-order valence-electron chi connectivity index (χ0n) is 13.0.